The van der Waals surface area contributed by atoms with Gasteiger partial charge in [-0.1, -0.05) is 188 Å². The molecule has 2 heterocycles. The monoisotopic (exact) mass is 781 g/mol. The molecular weight excluding hydrogens is 739 g/mol. The first-order valence-corrected chi connectivity index (χ1v) is 21.3. The maximum atomic E-state index is 5.53. The van der Waals surface area contributed by atoms with Crippen LogP contribution in [0.25, 0.3) is 71.8 Å². The zero-order valence-corrected chi connectivity index (χ0v) is 33.7. The summed E-state index contributed by atoms with van der Waals surface area (Å²) in [7, 11) is 0. The normalized spacial score (nSPS) is 16.1. The van der Waals surface area contributed by atoms with Gasteiger partial charge in [-0.05, 0) is 121 Å². The van der Waals surface area contributed by atoms with Crippen LogP contribution in [0.3, 0.4) is 0 Å². The summed E-state index contributed by atoms with van der Waals surface area (Å²) in [5.41, 5.74) is 17.3. The molecule has 0 saturated heterocycles. The Balaban J connectivity index is 1.02. The fourth-order valence-corrected chi connectivity index (χ4v) is 9.18. The van der Waals surface area contributed by atoms with Crippen LogP contribution in [-0.2, 0) is 0 Å². The van der Waals surface area contributed by atoms with Gasteiger partial charge in [0.15, 0.2) is 0 Å². The minimum Gasteiger partial charge on any atom is -0.280 e. The molecule has 0 radical (unpaired) electrons. The molecule has 8 aromatic carbocycles. The van der Waals surface area contributed by atoms with Gasteiger partial charge in [-0.2, -0.15) is 0 Å². The van der Waals surface area contributed by atoms with E-state index >= 15 is 0 Å². The highest BCUT2D eigenvalue weighted by Crippen LogP contribution is 2.42. The van der Waals surface area contributed by atoms with Crippen LogP contribution in [0, 0.1) is 0 Å². The molecule has 3 nitrogen and oxygen atoms in total. The third-order valence-corrected chi connectivity index (χ3v) is 12.2. The van der Waals surface area contributed by atoms with Crippen molar-refractivity contribution in [2.45, 2.75) is 25.0 Å². The molecule has 0 spiro atoms. The number of aromatic nitrogens is 1. The van der Waals surface area contributed by atoms with E-state index in [0.717, 1.165) is 46.5 Å². The summed E-state index contributed by atoms with van der Waals surface area (Å²) in [6.07, 6.45) is 8.42. The lowest BCUT2D eigenvalue weighted by molar-refractivity contribution is 0.574. The van der Waals surface area contributed by atoms with Gasteiger partial charge in [0.05, 0.1) is 23.0 Å². The van der Waals surface area contributed by atoms with Crippen LogP contribution in [0.4, 0.5) is 0 Å². The average Bonchev–Trinajstić information content (AvgIpc) is 3.81. The highest BCUT2D eigenvalue weighted by Gasteiger charge is 2.31. The largest absolute Gasteiger partial charge is 0.280 e. The molecule has 61 heavy (non-hydrogen) atoms. The van der Waals surface area contributed by atoms with Gasteiger partial charge in [-0.15, -0.1) is 0 Å². The topological polar surface area (TPSA) is 37.3 Å². The van der Waals surface area contributed by atoms with Crippen LogP contribution in [-0.4, -0.2) is 10.7 Å². The number of nitrogens with zero attached hydrogens (tertiary/aromatic N) is 2. The molecule has 2 atom stereocenters. The molecule has 11 rings (SSSR count). The molecule has 1 aliphatic carbocycles. The number of pyridine rings is 1. The van der Waals surface area contributed by atoms with E-state index in [1.165, 1.54) is 66.2 Å². The van der Waals surface area contributed by atoms with Crippen LogP contribution in [0.5, 0.6) is 0 Å². The van der Waals surface area contributed by atoms with Crippen LogP contribution in [0.1, 0.15) is 47.4 Å². The Morgan fingerprint density at radius 1 is 0.459 bits per heavy atom. The first-order chi connectivity index (χ1) is 30.2. The van der Waals surface area contributed by atoms with E-state index in [4.69, 9.17) is 9.98 Å². The number of benzene rings is 8. The summed E-state index contributed by atoms with van der Waals surface area (Å²) in [6.45, 7) is 0. The van der Waals surface area contributed by atoms with Crippen molar-refractivity contribution in [2.75, 3.05) is 0 Å². The SMILES string of the molecule is C1=CCCC(c2cc(-c3ccccc3)c3c(cc(-c4ccc(C5N=C(c6cc(-c7ccccc7)cc(-c7ccccc7)c6)C(c6ccccc6)N5)cc4)c4ccccc43)n2)=C1. The molecule has 1 aromatic heterocycles. The Bertz CT molecular complexity index is 3070. The molecule has 0 amide bonds. The molecule has 3 heteroatoms. The summed E-state index contributed by atoms with van der Waals surface area (Å²) in [6, 6.07) is 72.0. The molecular formula is C58H43N3. The van der Waals surface area contributed by atoms with Gasteiger partial charge in [-0.25, -0.2) is 4.98 Å². The summed E-state index contributed by atoms with van der Waals surface area (Å²) in [4.78, 5) is 10.9. The summed E-state index contributed by atoms with van der Waals surface area (Å²) < 4.78 is 0. The van der Waals surface area contributed by atoms with Gasteiger partial charge >= 0.3 is 0 Å². The van der Waals surface area contributed by atoms with Gasteiger partial charge in [0.1, 0.15) is 6.17 Å². The van der Waals surface area contributed by atoms with E-state index in [2.05, 4.69) is 224 Å². The molecule has 0 fully saturated rings. The summed E-state index contributed by atoms with van der Waals surface area (Å²) in [5.74, 6) is 0. The van der Waals surface area contributed by atoms with Gasteiger partial charge in [0, 0.05) is 5.39 Å². The smallest absolute Gasteiger partial charge is 0.126 e. The average molecular weight is 782 g/mol. The van der Waals surface area contributed by atoms with E-state index in [-0.39, 0.29) is 12.2 Å². The zero-order valence-electron chi connectivity index (χ0n) is 33.7. The molecule has 2 unspecified atom stereocenters. The maximum absolute atomic E-state index is 5.53. The number of rotatable bonds is 8. The molecule has 1 N–H and O–H groups in total. The zero-order chi connectivity index (χ0) is 40.5. The molecule has 9 aromatic rings. The van der Waals surface area contributed by atoms with Crippen molar-refractivity contribution in [1.29, 1.82) is 0 Å². The van der Waals surface area contributed by atoms with Crippen molar-refractivity contribution in [2.24, 2.45) is 4.99 Å². The second kappa shape index (κ2) is 16.0. The van der Waals surface area contributed by atoms with Crippen molar-refractivity contribution in [3.8, 4) is 44.5 Å². The number of hydrogen-bond donors (Lipinski definition) is 1. The predicted molar refractivity (Wildman–Crippen MR) is 255 cm³/mol. The fraction of sp³-hybridized carbons (Fsp3) is 0.0690. The lowest BCUT2D eigenvalue weighted by atomic mass is 9.89. The van der Waals surface area contributed by atoms with Crippen LogP contribution in [0.2, 0.25) is 0 Å². The van der Waals surface area contributed by atoms with E-state index < -0.39 is 0 Å². The lowest BCUT2D eigenvalue weighted by Crippen LogP contribution is -2.24. The standard InChI is InChI=1S/C58H43N3/c1-6-18-39(19-7-1)46-34-47(40-20-8-2-9-21-40)36-48(35-46)57-56(44-26-14-5-15-27-44)60-58(61-57)45-32-30-42(31-33-45)51-37-54-55(50-29-17-16-28-49(50)51)52(41-22-10-3-11-23-41)38-53(59-54)43-24-12-4-13-25-43/h1-12,14-24,26-38,56,58,60H,13,25H2. The summed E-state index contributed by atoms with van der Waals surface area (Å²) in [5, 5.41) is 7.55. The minimum absolute atomic E-state index is 0.0844. The van der Waals surface area contributed by atoms with Crippen molar-refractivity contribution >= 4 is 33.0 Å². The van der Waals surface area contributed by atoms with Crippen LogP contribution < -0.4 is 5.32 Å². The number of fused-ring (bicyclic) bond motifs is 3. The number of hydrogen-bond acceptors (Lipinski definition) is 3. The first kappa shape index (κ1) is 36.6. The number of nitrogens with one attached hydrogen (secondary N) is 1. The molecule has 290 valence electrons. The first-order valence-electron chi connectivity index (χ1n) is 21.3. The predicted octanol–water partition coefficient (Wildman–Crippen LogP) is 14.6. The Morgan fingerprint density at radius 3 is 1.67 bits per heavy atom. The second-order valence-corrected chi connectivity index (χ2v) is 16.0. The Labute approximate surface area is 357 Å². The number of allylic oxidation sites excluding steroid dienone is 4. The Kier molecular flexibility index (Phi) is 9.57. The van der Waals surface area contributed by atoms with E-state index in [1.54, 1.807) is 0 Å². The van der Waals surface area contributed by atoms with Gasteiger partial charge < -0.3 is 0 Å². The number of aliphatic imine (C=N–C) groups is 1. The molecule has 2 aliphatic rings. The van der Waals surface area contributed by atoms with Crippen molar-refractivity contribution < 1.29 is 0 Å². The van der Waals surface area contributed by atoms with Gasteiger partial charge in [0.25, 0.3) is 0 Å². The van der Waals surface area contributed by atoms with Crippen LogP contribution in [0.15, 0.2) is 223 Å². The van der Waals surface area contributed by atoms with Crippen molar-refractivity contribution in [1.82, 2.24) is 10.3 Å². The Hall–Kier alpha value is -7.46. The van der Waals surface area contributed by atoms with E-state index in [1.807, 2.05) is 0 Å². The van der Waals surface area contributed by atoms with Crippen LogP contribution >= 0.6 is 0 Å². The fourth-order valence-electron chi connectivity index (χ4n) is 9.18. The Morgan fingerprint density at radius 2 is 1.03 bits per heavy atom. The molecule has 1 aliphatic heterocycles. The minimum atomic E-state index is -0.223. The molecule has 0 bridgehead atoms. The third kappa shape index (κ3) is 7.09. The molecule has 0 saturated carbocycles. The quantitative estimate of drug-likeness (QED) is 0.156. The van der Waals surface area contributed by atoms with Crippen molar-refractivity contribution in [3.05, 3.63) is 241 Å². The lowest BCUT2D eigenvalue weighted by Gasteiger charge is -2.18. The highest BCUT2D eigenvalue weighted by molar-refractivity contribution is 6.18. The van der Waals surface area contributed by atoms with Gasteiger partial charge in [-0.3, -0.25) is 10.3 Å². The second-order valence-electron chi connectivity index (χ2n) is 16.0. The maximum Gasteiger partial charge on any atom is 0.126 e. The van der Waals surface area contributed by atoms with Crippen molar-refractivity contribution in [3.63, 3.8) is 0 Å². The van der Waals surface area contributed by atoms with Gasteiger partial charge in [0.2, 0.25) is 0 Å². The van der Waals surface area contributed by atoms with E-state index in [9.17, 15) is 0 Å². The third-order valence-electron chi connectivity index (χ3n) is 12.2. The highest BCUT2D eigenvalue weighted by atomic mass is 15.2. The van der Waals surface area contributed by atoms with E-state index in [0.29, 0.717) is 0 Å². The summed E-state index contributed by atoms with van der Waals surface area (Å²) >= 11 is 0.